The summed E-state index contributed by atoms with van der Waals surface area (Å²) in [5, 5.41) is 24.4. The topological polar surface area (TPSA) is 39.2 Å². The molecule has 0 spiro atoms. The van der Waals surface area contributed by atoms with E-state index in [1.165, 1.54) is 166 Å². The molecule has 0 bridgehead atoms. The van der Waals surface area contributed by atoms with Crippen LogP contribution in [0.3, 0.4) is 0 Å². The molecule has 0 radical (unpaired) electrons. The Bertz CT molecular complexity index is 9520. The van der Waals surface area contributed by atoms with Crippen LogP contribution in [0.2, 0.25) is 0 Å². The number of rotatable bonds is 12. The molecule has 0 aliphatic heterocycles. The van der Waals surface area contributed by atoms with Gasteiger partial charge in [-0.05, 0) is 258 Å². The zero-order valence-electron chi connectivity index (χ0n) is 75.8. The van der Waals surface area contributed by atoms with Crippen molar-refractivity contribution >= 4 is 240 Å². The first-order chi connectivity index (χ1) is 66.7. The maximum absolute atomic E-state index is 6.73. The second-order valence-electron chi connectivity index (χ2n) is 37.9. The van der Waals surface area contributed by atoms with E-state index in [1.807, 2.05) is 34.8 Å². The predicted octanol–water partition coefficient (Wildman–Crippen LogP) is 37.9. The molecular formula is C128H88N4O2S2. The smallest absolute Gasteiger partial charge is 0.159 e. The summed E-state index contributed by atoms with van der Waals surface area (Å²) in [4.78, 5) is 9.64. The molecule has 0 unspecified atom stereocenters. The van der Waals surface area contributed by atoms with Crippen molar-refractivity contribution in [1.29, 1.82) is 0 Å². The van der Waals surface area contributed by atoms with Crippen LogP contribution >= 0.6 is 22.7 Å². The van der Waals surface area contributed by atoms with Gasteiger partial charge >= 0.3 is 0 Å². The molecule has 0 N–H and O–H groups in total. The standard InChI is InChI=1S/C64H38N2O2S.C64H50N2S/c1-3-15-41-35-43(29-27-39(41)13-1)65(56-23-11-21-51-48-18-7-9-25-58(48)67-62(51)56)45-31-33-53-55(37-45)47-17-5-6-20-50(47)61-54-34-32-46(38-60(54)69-64(53)61)66(44-30-28-40-14-2-4-16-42(40)36-44)57-24-12-22-52-49-19-8-10-26-59(49)68-63(52)57;1-39-19-23-41(24-20-39)65(44-27-31-50-48-14-9-11-17-56(48)63(3,4)58(50)36-44)43-29-33-53-55(35-43)47-13-7-8-16-52(47)61-54-34-30-46(38-60(54)67-62(53)61)66(42-25-21-40(2)22-26-42)45-28-32-51-49-15-10-12-18-57(49)64(5,6)59(51)37-45/h1-38H;7-38H,1-6H3. The fourth-order valence-electron chi connectivity index (χ4n) is 22.7. The zero-order chi connectivity index (χ0) is 90.5. The minimum atomic E-state index is -0.102. The second-order valence-corrected chi connectivity index (χ2v) is 40.0. The summed E-state index contributed by atoms with van der Waals surface area (Å²) < 4.78 is 18.5. The van der Waals surface area contributed by atoms with Crippen LogP contribution < -0.4 is 19.6 Å². The SMILES string of the molecule is Cc1ccc(N(c2ccc3c(c2)C(C)(C)c2ccccc2-3)c2ccc3c(c2)sc2c4ccc(N(c5ccc(C)cc5)c5ccc6c(c5)C(C)(C)c5ccccc5-6)cc4c4ccccc4c32)cc1.c1ccc2cc(N(c3ccc4c(c3)sc3c5ccc(N(c6ccc7ccccc7c6)c6cccc7c6oc6ccccc67)cc5c5ccccc5c43)c3cccc4c3oc3ccccc34)ccc2c1. The molecule has 28 rings (SSSR count). The zero-order valence-corrected chi connectivity index (χ0v) is 77.5. The molecule has 0 atom stereocenters. The van der Waals surface area contributed by atoms with Crippen molar-refractivity contribution in [3.8, 4) is 22.3 Å². The van der Waals surface area contributed by atoms with E-state index in [9.17, 15) is 0 Å². The number of anilines is 12. The van der Waals surface area contributed by atoms with Gasteiger partial charge in [-0.2, -0.15) is 0 Å². The van der Waals surface area contributed by atoms with Crippen molar-refractivity contribution in [3.63, 3.8) is 0 Å². The third kappa shape index (κ3) is 12.4. The van der Waals surface area contributed by atoms with Gasteiger partial charge in [-0.15, -0.1) is 22.7 Å². The Morgan fingerprint density at radius 3 is 0.971 bits per heavy atom. The summed E-state index contributed by atoms with van der Waals surface area (Å²) in [6, 6.07) is 157. The van der Waals surface area contributed by atoms with Gasteiger partial charge in [-0.1, -0.05) is 318 Å². The number of nitrogens with zero attached hydrogens (tertiary/aromatic N) is 4. The minimum Gasteiger partial charge on any atom is -0.454 e. The molecule has 22 aromatic carbocycles. The molecule has 26 aromatic rings. The van der Waals surface area contributed by atoms with Gasteiger partial charge in [0.15, 0.2) is 11.2 Å². The normalized spacial score (nSPS) is 13.0. The Labute approximate surface area is 794 Å². The molecule has 6 nitrogen and oxygen atoms in total. The Morgan fingerprint density at radius 2 is 0.522 bits per heavy atom. The number of hydrogen-bond acceptors (Lipinski definition) is 8. The quantitative estimate of drug-likeness (QED) is 0.114. The van der Waals surface area contributed by atoms with Crippen LogP contribution in [0.5, 0.6) is 0 Å². The van der Waals surface area contributed by atoms with Crippen LogP contribution in [-0.2, 0) is 10.8 Å². The van der Waals surface area contributed by atoms with Crippen molar-refractivity contribution in [2.24, 2.45) is 0 Å². The van der Waals surface area contributed by atoms with Crippen LogP contribution in [0, 0.1) is 13.8 Å². The summed E-state index contributed by atoms with van der Waals surface area (Å²) in [5.74, 6) is 0. The molecule has 8 heteroatoms. The van der Waals surface area contributed by atoms with E-state index in [0.717, 1.165) is 106 Å². The molecule has 0 fully saturated rings. The highest BCUT2D eigenvalue weighted by Gasteiger charge is 2.38. The number of thiophene rings is 2. The van der Waals surface area contributed by atoms with Gasteiger partial charge in [0, 0.05) is 140 Å². The Balaban J connectivity index is 0.000000138. The fraction of sp³-hybridized carbons (Fsp3) is 0.0625. The highest BCUT2D eigenvalue weighted by molar-refractivity contribution is 7.27. The first-order valence-corrected chi connectivity index (χ1v) is 48.6. The molecule has 0 saturated carbocycles. The largest absolute Gasteiger partial charge is 0.454 e. The van der Waals surface area contributed by atoms with Gasteiger partial charge in [0.25, 0.3) is 0 Å². The summed E-state index contributed by atoms with van der Waals surface area (Å²) in [6.07, 6.45) is 0. The molecule has 4 aromatic heterocycles. The number of hydrogen-bond donors (Lipinski definition) is 0. The van der Waals surface area contributed by atoms with E-state index in [4.69, 9.17) is 8.83 Å². The highest BCUT2D eigenvalue weighted by atomic mass is 32.1. The summed E-state index contributed by atoms with van der Waals surface area (Å²) in [7, 11) is 0. The average Bonchev–Trinajstić information content (AvgIpc) is 1.51. The molecular weight excluding hydrogens is 1690 g/mol. The van der Waals surface area contributed by atoms with E-state index in [2.05, 4.69) is 474 Å². The van der Waals surface area contributed by atoms with Crippen molar-refractivity contribution in [1.82, 2.24) is 0 Å². The van der Waals surface area contributed by atoms with Crippen molar-refractivity contribution in [3.05, 3.63) is 458 Å². The lowest BCUT2D eigenvalue weighted by Crippen LogP contribution is -2.16. The van der Waals surface area contributed by atoms with E-state index >= 15 is 0 Å². The predicted molar refractivity (Wildman–Crippen MR) is 582 cm³/mol. The van der Waals surface area contributed by atoms with Gasteiger partial charge in [-0.3, -0.25) is 0 Å². The maximum atomic E-state index is 6.73. The van der Waals surface area contributed by atoms with Gasteiger partial charge < -0.3 is 28.4 Å². The lowest BCUT2D eigenvalue weighted by Gasteiger charge is -2.28. The van der Waals surface area contributed by atoms with E-state index < -0.39 is 0 Å². The molecule has 4 heterocycles. The maximum Gasteiger partial charge on any atom is 0.159 e. The second kappa shape index (κ2) is 30.6. The van der Waals surface area contributed by atoms with Crippen molar-refractivity contribution < 1.29 is 8.83 Å². The van der Waals surface area contributed by atoms with Crippen molar-refractivity contribution in [2.45, 2.75) is 52.4 Å². The van der Waals surface area contributed by atoms with Gasteiger partial charge in [0.2, 0.25) is 0 Å². The summed E-state index contributed by atoms with van der Waals surface area (Å²) in [6.45, 7) is 13.8. The van der Waals surface area contributed by atoms with Crippen LogP contribution in [0.15, 0.2) is 433 Å². The van der Waals surface area contributed by atoms with Crippen LogP contribution in [0.25, 0.3) is 171 Å². The number of para-hydroxylation sites is 4. The molecule has 2 aliphatic rings. The third-order valence-corrected chi connectivity index (χ3v) is 31.7. The Morgan fingerprint density at radius 1 is 0.206 bits per heavy atom. The number of fused-ring (bicyclic) bond motifs is 30. The summed E-state index contributed by atoms with van der Waals surface area (Å²) >= 11 is 3.79. The van der Waals surface area contributed by atoms with Crippen molar-refractivity contribution in [2.75, 3.05) is 19.6 Å². The fourth-order valence-corrected chi connectivity index (χ4v) is 25.2. The molecule has 0 saturated heterocycles. The van der Waals surface area contributed by atoms with Crippen LogP contribution in [0.1, 0.15) is 61.1 Å². The monoisotopic (exact) mass is 1780 g/mol. The number of benzene rings is 22. The lowest BCUT2D eigenvalue weighted by atomic mass is 9.82. The van der Waals surface area contributed by atoms with E-state index in [-0.39, 0.29) is 10.8 Å². The number of furan rings is 2. The molecule has 0 amide bonds. The highest BCUT2D eigenvalue weighted by Crippen LogP contribution is 2.57. The molecule has 2 aliphatic carbocycles. The molecule has 136 heavy (non-hydrogen) atoms. The summed E-state index contributed by atoms with van der Waals surface area (Å²) in [5.41, 5.74) is 29.8. The molecule has 644 valence electrons. The Kier molecular flexibility index (Phi) is 17.9. The van der Waals surface area contributed by atoms with E-state index in [1.54, 1.807) is 0 Å². The van der Waals surface area contributed by atoms with Gasteiger partial charge in [0.05, 0.1) is 11.4 Å². The first-order valence-electron chi connectivity index (χ1n) is 47.0. The van der Waals surface area contributed by atoms with Crippen LogP contribution in [-0.4, -0.2) is 0 Å². The minimum absolute atomic E-state index is 0.0971. The number of aryl methyl sites for hydroxylation is 2. The van der Waals surface area contributed by atoms with Crippen LogP contribution in [0.4, 0.5) is 68.2 Å². The van der Waals surface area contributed by atoms with Gasteiger partial charge in [-0.25, -0.2) is 0 Å². The third-order valence-electron chi connectivity index (χ3n) is 29.3. The average molecular weight is 1780 g/mol. The lowest BCUT2D eigenvalue weighted by molar-refractivity contribution is 0.660. The Hall–Kier alpha value is -16.4. The first kappa shape index (κ1) is 79.4. The van der Waals surface area contributed by atoms with Gasteiger partial charge in [0.1, 0.15) is 11.2 Å². The van der Waals surface area contributed by atoms with E-state index in [0.29, 0.717) is 0 Å².